The SMILES string of the molecule is CC1CCCCCCc2cccnc21. The van der Waals surface area contributed by atoms with Crippen LogP contribution in [0.4, 0.5) is 0 Å². The summed E-state index contributed by atoms with van der Waals surface area (Å²) in [5.41, 5.74) is 2.84. The Hall–Kier alpha value is -0.850. The average Bonchev–Trinajstić information content (AvgIpc) is 2.30. The Kier molecular flexibility index (Phi) is 3.18. The van der Waals surface area contributed by atoms with E-state index in [-0.39, 0.29) is 0 Å². The van der Waals surface area contributed by atoms with Gasteiger partial charge in [0.2, 0.25) is 0 Å². The number of hydrogen-bond acceptors (Lipinski definition) is 1. The highest BCUT2D eigenvalue weighted by Gasteiger charge is 2.13. The van der Waals surface area contributed by atoms with Crippen LogP contribution in [-0.4, -0.2) is 4.98 Å². The fourth-order valence-electron chi connectivity index (χ4n) is 2.36. The van der Waals surface area contributed by atoms with Crippen LogP contribution in [0.15, 0.2) is 18.3 Å². The van der Waals surface area contributed by atoms with E-state index in [1.807, 2.05) is 6.20 Å². The number of fused-ring (bicyclic) bond motifs is 1. The monoisotopic (exact) mass is 189 g/mol. The van der Waals surface area contributed by atoms with E-state index in [0.29, 0.717) is 5.92 Å². The zero-order valence-corrected chi connectivity index (χ0v) is 9.00. The summed E-state index contributed by atoms with van der Waals surface area (Å²) in [5.74, 6) is 0.657. The molecule has 0 radical (unpaired) electrons. The molecule has 0 fully saturated rings. The average molecular weight is 189 g/mol. The minimum atomic E-state index is 0.657. The molecule has 0 spiro atoms. The third-order valence-electron chi connectivity index (χ3n) is 3.23. The highest BCUT2D eigenvalue weighted by molar-refractivity contribution is 5.23. The van der Waals surface area contributed by atoms with E-state index in [2.05, 4.69) is 24.0 Å². The van der Waals surface area contributed by atoms with Gasteiger partial charge >= 0.3 is 0 Å². The van der Waals surface area contributed by atoms with Crippen LogP contribution in [0.5, 0.6) is 0 Å². The molecule has 0 bridgehead atoms. The van der Waals surface area contributed by atoms with Crippen LogP contribution in [0, 0.1) is 0 Å². The summed E-state index contributed by atoms with van der Waals surface area (Å²) in [6.45, 7) is 2.32. The normalized spacial score (nSPS) is 23.1. The highest BCUT2D eigenvalue weighted by atomic mass is 14.7. The van der Waals surface area contributed by atoms with Gasteiger partial charge < -0.3 is 0 Å². The first kappa shape index (κ1) is 9.70. The van der Waals surface area contributed by atoms with Gasteiger partial charge in [0.1, 0.15) is 0 Å². The van der Waals surface area contributed by atoms with Crippen LogP contribution in [0.1, 0.15) is 56.2 Å². The van der Waals surface area contributed by atoms with E-state index in [0.717, 1.165) is 0 Å². The van der Waals surface area contributed by atoms with E-state index in [9.17, 15) is 0 Å². The molecular formula is C13H19N. The van der Waals surface area contributed by atoms with Gasteiger partial charge in [0, 0.05) is 11.9 Å². The molecule has 1 unspecified atom stereocenters. The Labute approximate surface area is 86.6 Å². The van der Waals surface area contributed by atoms with E-state index in [1.54, 1.807) is 0 Å². The van der Waals surface area contributed by atoms with Crippen molar-refractivity contribution in [3.63, 3.8) is 0 Å². The van der Waals surface area contributed by atoms with Gasteiger partial charge in [-0.1, -0.05) is 32.3 Å². The number of pyridine rings is 1. The summed E-state index contributed by atoms with van der Waals surface area (Å²) in [4.78, 5) is 4.54. The summed E-state index contributed by atoms with van der Waals surface area (Å²) in [6.07, 6.45) is 9.98. The number of rotatable bonds is 0. The van der Waals surface area contributed by atoms with Crippen LogP contribution in [0.2, 0.25) is 0 Å². The van der Waals surface area contributed by atoms with Crippen molar-refractivity contribution in [1.82, 2.24) is 4.98 Å². The molecule has 76 valence electrons. The molecule has 0 amide bonds. The predicted octanol–water partition coefficient (Wildman–Crippen LogP) is 3.69. The molecule has 1 heteroatoms. The van der Waals surface area contributed by atoms with Gasteiger partial charge in [-0.2, -0.15) is 0 Å². The molecule has 0 saturated carbocycles. The van der Waals surface area contributed by atoms with Crippen LogP contribution in [-0.2, 0) is 6.42 Å². The van der Waals surface area contributed by atoms with Crippen molar-refractivity contribution >= 4 is 0 Å². The van der Waals surface area contributed by atoms with Crippen LogP contribution >= 0.6 is 0 Å². The number of aryl methyl sites for hydroxylation is 1. The lowest BCUT2D eigenvalue weighted by atomic mass is 9.96. The minimum absolute atomic E-state index is 0.657. The topological polar surface area (TPSA) is 12.9 Å². The molecule has 14 heavy (non-hydrogen) atoms. The molecule has 0 saturated heterocycles. The standard InChI is InChI=1S/C13H19N/c1-11-7-4-2-3-5-8-12-9-6-10-14-13(11)12/h6,9-11H,2-5,7-8H2,1H3. The number of hydrogen-bond donors (Lipinski definition) is 0. The summed E-state index contributed by atoms with van der Waals surface area (Å²) in [6, 6.07) is 4.33. The zero-order chi connectivity index (χ0) is 9.80. The summed E-state index contributed by atoms with van der Waals surface area (Å²) < 4.78 is 0. The van der Waals surface area contributed by atoms with Crippen molar-refractivity contribution in [1.29, 1.82) is 0 Å². The fourth-order valence-corrected chi connectivity index (χ4v) is 2.36. The van der Waals surface area contributed by atoms with Crippen LogP contribution in [0.25, 0.3) is 0 Å². The molecule has 1 aliphatic rings. The molecule has 0 aliphatic heterocycles. The molecule has 0 N–H and O–H groups in total. The first-order valence-corrected chi connectivity index (χ1v) is 5.81. The van der Waals surface area contributed by atoms with Crippen molar-refractivity contribution in [2.24, 2.45) is 0 Å². The van der Waals surface area contributed by atoms with Crippen molar-refractivity contribution in [3.05, 3.63) is 29.6 Å². The highest BCUT2D eigenvalue weighted by Crippen LogP contribution is 2.26. The van der Waals surface area contributed by atoms with Gasteiger partial charge in [-0.3, -0.25) is 4.98 Å². The Morgan fingerprint density at radius 3 is 3.00 bits per heavy atom. The van der Waals surface area contributed by atoms with Crippen molar-refractivity contribution in [3.8, 4) is 0 Å². The van der Waals surface area contributed by atoms with Crippen LogP contribution < -0.4 is 0 Å². The largest absolute Gasteiger partial charge is 0.261 e. The Bertz CT molecular complexity index is 293. The maximum Gasteiger partial charge on any atom is 0.0463 e. The second-order valence-corrected chi connectivity index (χ2v) is 4.40. The maximum absolute atomic E-state index is 4.54. The third-order valence-corrected chi connectivity index (χ3v) is 3.23. The van der Waals surface area contributed by atoms with E-state index >= 15 is 0 Å². The molecule has 1 aromatic rings. The van der Waals surface area contributed by atoms with E-state index in [1.165, 1.54) is 49.8 Å². The Morgan fingerprint density at radius 2 is 2.07 bits per heavy atom. The first-order valence-electron chi connectivity index (χ1n) is 5.81. The maximum atomic E-state index is 4.54. The second kappa shape index (κ2) is 4.59. The molecule has 2 rings (SSSR count). The number of nitrogens with zero attached hydrogens (tertiary/aromatic N) is 1. The lowest BCUT2D eigenvalue weighted by Gasteiger charge is -2.12. The van der Waals surface area contributed by atoms with E-state index in [4.69, 9.17) is 0 Å². The Morgan fingerprint density at radius 1 is 1.21 bits per heavy atom. The third kappa shape index (κ3) is 2.14. The molecule has 0 aromatic carbocycles. The summed E-state index contributed by atoms with van der Waals surface area (Å²) >= 11 is 0. The predicted molar refractivity (Wildman–Crippen MR) is 59.4 cm³/mol. The molecule has 1 nitrogen and oxygen atoms in total. The first-order chi connectivity index (χ1) is 6.88. The fraction of sp³-hybridized carbons (Fsp3) is 0.615. The smallest absolute Gasteiger partial charge is 0.0463 e. The van der Waals surface area contributed by atoms with Crippen molar-refractivity contribution in [2.75, 3.05) is 0 Å². The van der Waals surface area contributed by atoms with Gasteiger partial charge in [0.25, 0.3) is 0 Å². The number of aromatic nitrogens is 1. The van der Waals surface area contributed by atoms with Crippen molar-refractivity contribution < 1.29 is 0 Å². The van der Waals surface area contributed by atoms with Gasteiger partial charge in [0.15, 0.2) is 0 Å². The summed E-state index contributed by atoms with van der Waals surface area (Å²) in [5, 5.41) is 0. The van der Waals surface area contributed by atoms with Gasteiger partial charge in [0.05, 0.1) is 0 Å². The molecule has 1 aromatic heterocycles. The van der Waals surface area contributed by atoms with Crippen molar-refractivity contribution in [2.45, 2.75) is 51.4 Å². The lowest BCUT2D eigenvalue weighted by Crippen LogP contribution is -2.01. The molecule has 1 atom stereocenters. The quantitative estimate of drug-likeness (QED) is 0.606. The second-order valence-electron chi connectivity index (χ2n) is 4.40. The molecule has 1 aliphatic carbocycles. The summed E-state index contributed by atoms with van der Waals surface area (Å²) in [7, 11) is 0. The van der Waals surface area contributed by atoms with Gasteiger partial charge in [-0.15, -0.1) is 0 Å². The van der Waals surface area contributed by atoms with E-state index < -0.39 is 0 Å². The zero-order valence-electron chi connectivity index (χ0n) is 9.00. The molecular weight excluding hydrogens is 170 g/mol. The van der Waals surface area contributed by atoms with Gasteiger partial charge in [-0.05, 0) is 36.8 Å². The van der Waals surface area contributed by atoms with Crippen LogP contribution in [0.3, 0.4) is 0 Å². The van der Waals surface area contributed by atoms with Gasteiger partial charge in [-0.25, -0.2) is 0 Å². The lowest BCUT2D eigenvalue weighted by molar-refractivity contribution is 0.581. The minimum Gasteiger partial charge on any atom is -0.261 e. The Balaban J connectivity index is 2.26. The molecule has 1 heterocycles.